The van der Waals surface area contributed by atoms with Crippen molar-refractivity contribution in [3.05, 3.63) is 71.5 Å². The van der Waals surface area contributed by atoms with Gasteiger partial charge in [-0.25, -0.2) is 4.68 Å². The van der Waals surface area contributed by atoms with Crippen LogP contribution in [0.25, 0.3) is 0 Å². The SMILES string of the molecule is COc1ccc(Cc2nnc(SCCCc3ccccc3)n2N)cc1. The molecule has 0 fully saturated rings. The van der Waals surface area contributed by atoms with Crippen LogP contribution in [0, 0.1) is 0 Å². The summed E-state index contributed by atoms with van der Waals surface area (Å²) in [6.07, 6.45) is 2.79. The number of methoxy groups -OCH3 is 1. The highest BCUT2D eigenvalue weighted by molar-refractivity contribution is 7.99. The predicted molar refractivity (Wildman–Crippen MR) is 101 cm³/mol. The van der Waals surface area contributed by atoms with E-state index in [1.165, 1.54) is 5.56 Å². The Morgan fingerprint density at radius 1 is 1.00 bits per heavy atom. The Kier molecular flexibility index (Phi) is 5.95. The van der Waals surface area contributed by atoms with Crippen LogP contribution in [-0.2, 0) is 12.8 Å². The minimum Gasteiger partial charge on any atom is -0.497 e. The van der Waals surface area contributed by atoms with Gasteiger partial charge < -0.3 is 10.6 Å². The first-order chi connectivity index (χ1) is 12.3. The van der Waals surface area contributed by atoms with E-state index in [2.05, 4.69) is 34.5 Å². The summed E-state index contributed by atoms with van der Waals surface area (Å²) in [5, 5.41) is 9.20. The van der Waals surface area contributed by atoms with Gasteiger partial charge in [0.05, 0.1) is 7.11 Å². The molecular weight excluding hydrogens is 332 g/mol. The molecule has 5 nitrogen and oxygen atoms in total. The molecule has 0 aliphatic carbocycles. The van der Waals surface area contributed by atoms with Crippen molar-refractivity contribution in [2.45, 2.75) is 24.4 Å². The van der Waals surface area contributed by atoms with Crippen LogP contribution in [-0.4, -0.2) is 27.7 Å². The summed E-state index contributed by atoms with van der Waals surface area (Å²) in [5.74, 6) is 8.71. The summed E-state index contributed by atoms with van der Waals surface area (Å²) < 4.78 is 6.77. The van der Waals surface area contributed by atoms with Gasteiger partial charge in [-0.2, -0.15) is 0 Å². The Morgan fingerprint density at radius 2 is 1.76 bits per heavy atom. The summed E-state index contributed by atoms with van der Waals surface area (Å²) in [5.41, 5.74) is 2.48. The van der Waals surface area contributed by atoms with Crippen LogP contribution in [0.1, 0.15) is 23.4 Å². The van der Waals surface area contributed by atoms with Crippen molar-refractivity contribution >= 4 is 11.8 Å². The number of nitrogens with two attached hydrogens (primary N) is 1. The van der Waals surface area contributed by atoms with Crippen molar-refractivity contribution in [1.82, 2.24) is 14.9 Å². The Morgan fingerprint density at radius 3 is 2.48 bits per heavy atom. The molecule has 0 aliphatic heterocycles. The van der Waals surface area contributed by atoms with Crippen molar-refractivity contribution in [2.75, 3.05) is 18.7 Å². The first kappa shape index (κ1) is 17.4. The summed E-state index contributed by atoms with van der Waals surface area (Å²) >= 11 is 1.65. The minimum atomic E-state index is 0.651. The number of hydrogen-bond donors (Lipinski definition) is 1. The second kappa shape index (κ2) is 8.58. The molecule has 1 heterocycles. The van der Waals surface area contributed by atoms with Crippen LogP contribution >= 0.6 is 11.8 Å². The third kappa shape index (κ3) is 4.76. The quantitative estimate of drug-likeness (QED) is 0.382. The molecule has 0 atom stereocenters. The molecule has 0 spiro atoms. The fourth-order valence-corrected chi connectivity index (χ4v) is 3.35. The fourth-order valence-electron chi connectivity index (χ4n) is 2.54. The number of benzene rings is 2. The van der Waals surface area contributed by atoms with Crippen LogP contribution < -0.4 is 10.6 Å². The van der Waals surface area contributed by atoms with Crippen molar-refractivity contribution < 1.29 is 4.74 Å². The van der Waals surface area contributed by atoms with E-state index >= 15 is 0 Å². The average molecular weight is 354 g/mol. The van der Waals surface area contributed by atoms with E-state index < -0.39 is 0 Å². The standard InChI is InChI=1S/C19H22N4OS/c1-24-17-11-9-16(10-12-17)14-18-21-22-19(23(18)20)25-13-5-8-15-6-3-2-4-7-15/h2-4,6-7,9-12H,5,8,13-14,20H2,1H3. The predicted octanol–water partition coefficient (Wildman–Crippen LogP) is 3.32. The monoisotopic (exact) mass is 354 g/mol. The first-order valence-electron chi connectivity index (χ1n) is 8.25. The second-order valence-electron chi connectivity index (χ2n) is 5.73. The highest BCUT2D eigenvalue weighted by atomic mass is 32.2. The van der Waals surface area contributed by atoms with E-state index in [9.17, 15) is 0 Å². The number of nitrogen functional groups attached to an aromatic ring is 1. The highest BCUT2D eigenvalue weighted by Crippen LogP contribution is 2.19. The van der Waals surface area contributed by atoms with Gasteiger partial charge in [0.15, 0.2) is 5.82 Å². The molecule has 2 N–H and O–H groups in total. The molecule has 0 aliphatic rings. The summed E-state index contributed by atoms with van der Waals surface area (Å²) in [6, 6.07) is 18.4. The summed E-state index contributed by atoms with van der Waals surface area (Å²) in [6.45, 7) is 0. The molecule has 1 aromatic heterocycles. The molecule has 0 bridgehead atoms. The fraction of sp³-hybridized carbons (Fsp3) is 0.263. The maximum Gasteiger partial charge on any atom is 0.209 e. The van der Waals surface area contributed by atoms with Crippen LogP contribution in [0.5, 0.6) is 5.75 Å². The first-order valence-corrected chi connectivity index (χ1v) is 9.24. The van der Waals surface area contributed by atoms with Gasteiger partial charge in [0.2, 0.25) is 5.16 Å². The Hall–Kier alpha value is -2.47. The van der Waals surface area contributed by atoms with E-state index in [0.717, 1.165) is 40.9 Å². The minimum absolute atomic E-state index is 0.651. The van der Waals surface area contributed by atoms with Gasteiger partial charge in [0.25, 0.3) is 0 Å². The molecule has 25 heavy (non-hydrogen) atoms. The van der Waals surface area contributed by atoms with Crippen LogP contribution in [0.4, 0.5) is 0 Å². The number of thioether (sulfide) groups is 1. The molecule has 3 rings (SSSR count). The van der Waals surface area contributed by atoms with Crippen LogP contribution in [0.2, 0.25) is 0 Å². The molecule has 0 amide bonds. The Bertz CT molecular complexity index is 787. The third-order valence-electron chi connectivity index (χ3n) is 3.94. The maximum atomic E-state index is 6.15. The molecular formula is C19H22N4OS. The highest BCUT2D eigenvalue weighted by Gasteiger charge is 2.10. The van der Waals surface area contributed by atoms with E-state index in [0.29, 0.717) is 6.42 Å². The van der Waals surface area contributed by atoms with E-state index in [1.807, 2.05) is 30.3 Å². The summed E-state index contributed by atoms with van der Waals surface area (Å²) in [7, 11) is 1.66. The molecule has 2 aromatic carbocycles. The van der Waals surface area contributed by atoms with E-state index in [4.69, 9.17) is 10.6 Å². The summed E-state index contributed by atoms with van der Waals surface area (Å²) in [4.78, 5) is 0. The van der Waals surface area contributed by atoms with Gasteiger partial charge in [-0.05, 0) is 36.1 Å². The van der Waals surface area contributed by atoms with Crippen LogP contribution in [0.15, 0.2) is 59.8 Å². The molecule has 130 valence electrons. The van der Waals surface area contributed by atoms with Crippen LogP contribution in [0.3, 0.4) is 0 Å². The second-order valence-corrected chi connectivity index (χ2v) is 6.79. The van der Waals surface area contributed by atoms with Gasteiger partial charge >= 0.3 is 0 Å². The normalized spacial score (nSPS) is 10.8. The zero-order valence-electron chi connectivity index (χ0n) is 14.3. The van der Waals surface area contributed by atoms with Gasteiger partial charge in [0, 0.05) is 12.2 Å². The number of rotatable bonds is 8. The lowest BCUT2D eigenvalue weighted by atomic mass is 10.1. The van der Waals surface area contributed by atoms with Gasteiger partial charge in [-0.1, -0.05) is 54.2 Å². The number of aromatic nitrogens is 3. The molecule has 3 aromatic rings. The van der Waals surface area contributed by atoms with E-state index in [1.54, 1.807) is 23.5 Å². The molecule has 0 radical (unpaired) electrons. The van der Waals surface area contributed by atoms with Gasteiger partial charge in [0.1, 0.15) is 5.75 Å². The number of hydrogen-bond acceptors (Lipinski definition) is 5. The Labute approximate surface area is 152 Å². The third-order valence-corrected chi connectivity index (χ3v) is 4.97. The van der Waals surface area contributed by atoms with E-state index in [-0.39, 0.29) is 0 Å². The number of nitrogens with zero attached hydrogens (tertiary/aromatic N) is 3. The van der Waals surface area contributed by atoms with Gasteiger partial charge in [-0.15, -0.1) is 10.2 Å². The molecule has 0 saturated carbocycles. The number of aryl methyl sites for hydroxylation is 1. The zero-order chi connectivity index (χ0) is 17.5. The van der Waals surface area contributed by atoms with Crippen molar-refractivity contribution in [3.63, 3.8) is 0 Å². The lowest BCUT2D eigenvalue weighted by Gasteiger charge is -2.05. The lowest BCUT2D eigenvalue weighted by Crippen LogP contribution is -2.14. The largest absolute Gasteiger partial charge is 0.497 e. The van der Waals surface area contributed by atoms with Crippen molar-refractivity contribution in [3.8, 4) is 5.75 Å². The zero-order valence-corrected chi connectivity index (χ0v) is 15.1. The van der Waals surface area contributed by atoms with Crippen molar-refractivity contribution in [2.24, 2.45) is 0 Å². The Balaban J connectivity index is 1.51. The lowest BCUT2D eigenvalue weighted by molar-refractivity contribution is 0.414. The van der Waals surface area contributed by atoms with Crippen molar-refractivity contribution in [1.29, 1.82) is 0 Å². The average Bonchev–Trinajstić information content (AvgIpc) is 3.00. The topological polar surface area (TPSA) is 66.0 Å². The maximum absolute atomic E-state index is 6.15. The smallest absolute Gasteiger partial charge is 0.209 e. The molecule has 0 unspecified atom stereocenters. The molecule has 0 saturated heterocycles. The number of ether oxygens (including phenoxy) is 1. The van der Waals surface area contributed by atoms with Gasteiger partial charge in [-0.3, -0.25) is 0 Å². The molecule has 6 heteroatoms.